The highest BCUT2D eigenvalue weighted by atomic mass is 32.1. The first-order chi connectivity index (χ1) is 7.77. The molecule has 0 radical (unpaired) electrons. The molecule has 5 heteroatoms. The van der Waals surface area contributed by atoms with Crippen molar-refractivity contribution in [1.82, 2.24) is 10.2 Å². The summed E-state index contributed by atoms with van der Waals surface area (Å²) in [5.41, 5.74) is 0. The van der Waals surface area contributed by atoms with E-state index in [9.17, 15) is 4.79 Å². The second kappa shape index (κ2) is 5.12. The zero-order valence-electron chi connectivity index (χ0n) is 8.94. The highest BCUT2D eigenvalue weighted by Gasteiger charge is 2.17. The molecule has 86 valence electrons. The van der Waals surface area contributed by atoms with Gasteiger partial charge in [-0.2, -0.15) is 0 Å². The number of furan rings is 1. The van der Waals surface area contributed by atoms with Crippen molar-refractivity contribution in [2.24, 2.45) is 0 Å². The van der Waals surface area contributed by atoms with E-state index in [1.54, 1.807) is 12.1 Å². The SMILES string of the molecule is O=C(NC(=S)N1CCCCC1)c1ccco1. The van der Waals surface area contributed by atoms with Crippen LogP contribution in [0.2, 0.25) is 0 Å². The van der Waals surface area contributed by atoms with Crippen LogP contribution in [0.5, 0.6) is 0 Å². The number of nitrogens with zero attached hydrogens (tertiary/aromatic N) is 1. The number of thiocarbonyl (C=S) groups is 1. The van der Waals surface area contributed by atoms with E-state index in [1.165, 1.54) is 12.7 Å². The third kappa shape index (κ3) is 2.61. The van der Waals surface area contributed by atoms with Gasteiger partial charge in [-0.1, -0.05) is 0 Å². The highest BCUT2D eigenvalue weighted by Crippen LogP contribution is 2.09. The summed E-state index contributed by atoms with van der Waals surface area (Å²) < 4.78 is 4.99. The van der Waals surface area contributed by atoms with Gasteiger partial charge in [-0.15, -0.1) is 0 Å². The van der Waals surface area contributed by atoms with Crippen molar-refractivity contribution in [2.45, 2.75) is 19.3 Å². The van der Waals surface area contributed by atoms with Gasteiger partial charge in [0.1, 0.15) is 0 Å². The number of piperidine rings is 1. The predicted molar refractivity (Wildman–Crippen MR) is 64.2 cm³/mol. The van der Waals surface area contributed by atoms with Crippen LogP contribution in [-0.4, -0.2) is 29.0 Å². The third-order valence-electron chi connectivity index (χ3n) is 2.61. The van der Waals surface area contributed by atoms with Crippen LogP contribution in [0.25, 0.3) is 0 Å². The quantitative estimate of drug-likeness (QED) is 0.758. The second-order valence-electron chi connectivity index (χ2n) is 3.78. The fraction of sp³-hybridized carbons (Fsp3) is 0.455. The average Bonchev–Trinajstić information content (AvgIpc) is 2.83. The van der Waals surface area contributed by atoms with E-state index in [0.717, 1.165) is 25.9 Å². The van der Waals surface area contributed by atoms with Crippen molar-refractivity contribution in [2.75, 3.05) is 13.1 Å². The molecular formula is C11H14N2O2S. The molecule has 1 saturated heterocycles. The molecule has 4 nitrogen and oxygen atoms in total. The van der Waals surface area contributed by atoms with E-state index >= 15 is 0 Å². The summed E-state index contributed by atoms with van der Waals surface area (Å²) in [5.74, 6) is 0.0138. The molecule has 2 heterocycles. The molecule has 1 aliphatic heterocycles. The number of amides is 1. The summed E-state index contributed by atoms with van der Waals surface area (Å²) in [5, 5.41) is 3.18. The van der Waals surface area contributed by atoms with E-state index in [1.807, 2.05) is 4.90 Å². The van der Waals surface area contributed by atoms with Gasteiger partial charge in [0.15, 0.2) is 10.9 Å². The van der Waals surface area contributed by atoms with Gasteiger partial charge in [-0.3, -0.25) is 10.1 Å². The molecular weight excluding hydrogens is 224 g/mol. The molecule has 1 aromatic rings. The molecule has 2 rings (SSSR count). The van der Waals surface area contributed by atoms with Crippen LogP contribution in [0.1, 0.15) is 29.8 Å². The standard InChI is InChI=1S/C11H14N2O2S/c14-10(9-5-4-8-15-9)12-11(16)13-6-2-1-3-7-13/h4-5,8H,1-3,6-7H2,(H,12,14,16). The molecule has 1 amide bonds. The maximum Gasteiger partial charge on any atom is 0.293 e. The fourth-order valence-corrected chi connectivity index (χ4v) is 2.02. The zero-order chi connectivity index (χ0) is 11.4. The maximum atomic E-state index is 11.6. The summed E-state index contributed by atoms with van der Waals surface area (Å²) in [4.78, 5) is 13.7. The lowest BCUT2D eigenvalue weighted by molar-refractivity contribution is 0.0945. The lowest BCUT2D eigenvalue weighted by atomic mass is 10.1. The van der Waals surface area contributed by atoms with Gasteiger partial charge in [-0.25, -0.2) is 0 Å². The number of carbonyl (C=O) groups is 1. The molecule has 1 fully saturated rings. The van der Waals surface area contributed by atoms with Crippen LogP contribution in [0, 0.1) is 0 Å². The Morgan fingerprint density at radius 2 is 2.12 bits per heavy atom. The Bertz CT molecular complexity index is 369. The lowest BCUT2D eigenvalue weighted by Gasteiger charge is -2.28. The number of rotatable bonds is 1. The van der Waals surface area contributed by atoms with Gasteiger partial charge < -0.3 is 9.32 Å². The van der Waals surface area contributed by atoms with Crippen molar-refractivity contribution in [3.8, 4) is 0 Å². The highest BCUT2D eigenvalue weighted by molar-refractivity contribution is 7.80. The number of hydrogen-bond donors (Lipinski definition) is 1. The molecule has 0 unspecified atom stereocenters. The Morgan fingerprint density at radius 3 is 2.75 bits per heavy atom. The molecule has 0 atom stereocenters. The fourth-order valence-electron chi connectivity index (χ4n) is 1.74. The van der Waals surface area contributed by atoms with E-state index in [-0.39, 0.29) is 5.91 Å². The van der Waals surface area contributed by atoms with Gasteiger partial charge in [0.05, 0.1) is 6.26 Å². The van der Waals surface area contributed by atoms with Gasteiger partial charge in [0.25, 0.3) is 5.91 Å². The van der Waals surface area contributed by atoms with Gasteiger partial charge in [0.2, 0.25) is 0 Å². The van der Waals surface area contributed by atoms with E-state index in [0.29, 0.717) is 10.9 Å². The number of nitrogens with one attached hydrogen (secondary N) is 1. The van der Waals surface area contributed by atoms with Crippen LogP contribution >= 0.6 is 12.2 Å². The number of carbonyl (C=O) groups excluding carboxylic acids is 1. The van der Waals surface area contributed by atoms with Crippen LogP contribution in [0.3, 0.4) is 0 Å². The summed E-state index contributed by atoms with van der Waals surface area (Å²) in [6, 6.07) is 3.30. The number of likely N-dealkylation sites (tertiary alicyclic amines) is 1. The van der Waals surface area contributed by atoms with Crippen molar-refractivity contribution in [3.05, 3.63) is 24.2 Å². The molecule has 16 heavy (non-hydrogen) atoms. The molecule has 0 aromatic carbocycles. The van der Waals surface area contributed by atoms with Crippen molar-refractivity contribution in [1.29, 1.82) is 0 Å². The smallest absolute Gasteiger partial charge is 0.293 e. The average molecular weight is 238 g/mol. The lowest BCUT2D eigenvalue weighted by Crippen LogP contribution is -2.44. The summed E-state index contributed by atoms with van der Waals surface area (Å²) >= 11 is 5.18. The van der Waals surface area contributed by atoms with Crippen LogP contribution in [-0.2, 0) is 0 Å². The molecule has 0 saturated carbocycles. The van der Waals surface area contributed by atoms with E-state index in [2.05, 4.69) is 5.32 Å². The molecule has 1 aliphatic rings. The van der Waals surface area contributed by atoms with E-state index in [4.69, 9.17) is 16.6 Å². The van der Waals surface area contributed by atoms with Crippen LogP contribution in [0.15, 0.2) is 22.8 Å². The number of hydrogen-bond acceptors (Lipinski definition) is 3. The Morgan fingerprint density at radius 1 is 1.38 bits per heavy atom. The minimum atomic E-state index is -0.277. The first kappa shape index (κ1) is 11.1. The zero-order valence-corrected chi connectivity index (χ0v) is 9.76. The van der Waals surface area contributed by atoms with Crippen LogP contribution in [0.4, 0.5) is 0 Å². The second-order valence-corrected chi connectivity index (χ2v) is 4.17. The molecule has 1 aromatic heterocycles. The topological polar surface area (TPSA) is 45.5 Å². The first-order valence-corrected chi connectivity index (χ1v) is 5.82. The largest absolute Gasteiger partial charge is 0.459 e. The van der Waals surface area contributed by atoms with Crippen LogP contribution < -0.4 is 5.32 Å². The summed E-state index contributed by atoms with van der Waals surface area (Å²) in [6.07, 6.45) is 4.98. The Labute approximate surface area is 99.6 Å². The minimum Gasteiger partial charge on any atom is -0.459 e. The molecule has 0 bridgehead atoms. The first-order valence-electron chi connectivity index (χ1n) is 5.41. The van der Waals surface area contributed by atoms with Crippen molar-refractivity contribution >= 4 is 23.2 Å². The molecule has 0 aliphatic carbocycles. The maximum absolute atomic E-state index is 11.6. The third-order valence-corrected chi connectivity index (χ3v) is 2.97. The van der Waals surface area contributed by atoms with E-state index < -0.39 is 0 Å². The summed E-state index contributed by atoms with van der Waals surface area (Å²) in [6.45, 7) is 1.86. The van der Waals surface area contributed by atoms with Gasteiger partial charge >= 0.3 is 0 Å². The molecule has 0 spiro atoms. The Balaban J connectivity index is 1.89. The molecule has 1 N–H and O–H groups in total. The monoisotopic (exact) mass is 238 g/mol. The van der Waals surface area contributed by atoms with Crippen molar-refractivity contribution in [3.63, 3.8) is 0 Å². The summed E-state index contributed by atoms with van der Waals surface area (Å²) in [7, 11) is 0. The Hall–Kier alpha value is -1.36. The Kier molecular flexibility index (Phi) is 3.56. The van der Waals surface area contributed by atoms with Crippen molar-refractivity contribution < 1.29 is 9.21 Å². The predicted octanol–water partition coefficient (Wildman–Crippen LogP) is 1.78. The van der Waals surface area contributed by atoms with Gasteiger partial charge in [-0.05, 0) is 43.6 Å². The normalized spacial score (nSPS) is 15.9. The minimum absolute atomic E-state index is 0.277. The van der Waals surface area contributed by atoms with Gasteiger partial charge in [0, 0.05) is 13.1 Å².